The summed E-state index contributed by atoms with van der Waals surface area (Å²) in [5.41, 5.74) is 4.07. The highest BCUT2D eigenvalue weighted by molar-refractivity contribution is 5.95. The number of aryl methyl sites for hydroxylation is 1. The van der Waals surface area contributed by atoms with Gasteiger partial charge in [-0.2, -0.15) is 0 Å². The zero-order valence-corrected chi connectivity index (χ0v) is 19.1. The molecule has 0 atom stereocenters. The number of ether oxygens (including phenoxy) is 1. The Morgan fingerprint density at radius 1 is 1.12 bits per heavy atom. The molecule has 1 amide bonds. The molecule has 3 aromatic rings. The van der Waals surface area contributed by atoms with Gasteiger partial charge in [-0.3, -0.25) is 19.1 Å². The molecule has 1 aromatic heterocycles. The van der Waals surface area contributed by atoms with Crippen LogP contribution in [0.1, 0.15) is 23.7 Å². The molecule has 170 valence electrons. The lowest BCUT2D eigenvalue weighted by molar-refractivity contribution is -0.119. The Bertz CT molecular complexity index is 1250. The van der Waals surface area contributed by atoms with E-state index in [4.69, 9.17) is 9.72 Å². The fourth-order valence-corrected chi connectivity index (χ4v) is 4.60. The van der Waals surface area contributed by atoms with Crippen LogP contribution < -0.4 is 15.2 Å². The minimum atomic E-state index is -0.144. The van der Waals surface area contributed by atoms with Crippen LogP contribution in [0.5, 0.6) is 5.75 Å². The molecule has 0 N–H and O–H groups in total. The van der Waals surface area contributed by atoms with Crippen LogP contribution in [0.4, 0.5) is 5.69 Å². The quantitative estimate of drug-likeness (QED) is 0.619. The first kappa shape index (κ1) is 21.4. The van der Waals surface area contributed by atoms with Crippen molar-refractivity contribution in [2.75, 3.05) is 31.1 Å². The number of anilines is 1. The molecular weight excluding hydrogens is 416 g/mol. The second-order valence-corrected chi connectivity index (χ2v) is 8.60. The number of benzene rings is 2. The first-order valence-electron chi connectivity index (χ1n) is 11.5. The molecule has 5 rings (SSSR count). The Morgan fingerprint density at radius 3 is 2.73 bits per heavy atom. The van der Waals surface area contributed by atoms with Crippen molar-refractivity contribution in [3.05, 3.63) is 75.7 Å². The first-order valence-corrected chi connectivity index (χ1v) is 11.5. The third-order valence-electron chi connectivity index (χ3n) is 6.45. The van der Waals surface area contributed by atoms with Crippen molar-refractivity contribution >= 4 is 11.6 Å². The van der Waals surface area contributed by atoms with Gasteiger partial charge in [0.2, 0.25) is 5.91 Å². The van der Waals surface area contributed by atoms with Gasteiger partial charge in [-0.1, -0.05) is 43.3 Å². The van der Waals surface area contributed by atoms with Gasteiger partial charge in [-0.05, 0) is 31.2 Å². The van der Waals surface area contributed by atoms with Crippen LogP contribution in [0.3, 0.4) is 0 Å². The SMILES string of the molecule is CCN1CCc2nc(-c3ccccc3)n(CC(=O)N3CCOc4ccc(C)cc43)c(=O)c2C1. The van der Waals surface area contributed by atoms with Crippen molar-refractivity contribution in [1.29, 1.82) is 0 Å². The van der Waals surface area contributed by atoms with Crippen LogP contribution in [0, 0.1) is 6.92 Å². The maximum atomic E-state index is 13.7. The summed E-state index contributed by atoms with van der Waals surface area (Å²) in [7, 11) is 0. The van der Waals surface area contributed by atoms with E-state index in [0.717, 1.165) is 42.0 Å². The van der Waals surface area contributed by atoms with Gasteiger partial charge < -0.3 is 9.64 Å². The van der Waals surface area contributed by atoms with Crippen LogP contribution in [-0.4, -0.2) is 46.6 Å². The van der Waals surface area contributed by atoms with Crippen LogP contribution in [0.2, 0.25) is 0 Å². The van der Waals surface area contributed by atoms with Crippen molar-refractivity contribution in [2.24, 2.45) is 0 Å². The number of hydrogen-bond acceptors (Lipinski definition) is 5. The van der Waals surface area contributed by atoms with Gasteiger partial charge in [0.25, 0.3) is 5.56 Å². The maximum absolute atomic E-state index is 13.7. The Hall–Kier alpha value is -3.45. The van der Waals surface area contributed by atoms with Crippen LogP contribution >= 0.6 is 0 Å². The minimum Gasteiger partial charge on any atom is -0.490 e. The number of rotatable bonds is 4. The normalized spacial score (nSPS) is 15.5. The van der Waals surface area contributed by atoms with Crippen molar-refractivity contribution in [2.45, 2.75) is 33.4 Å². The summed E-state index contributed by atoms with van der Waals surface area (Å²) < 4.78 is 7.30. The zero-order valence-electron chi connectivity index (χ0n) is 19.1. The van der Waals surface area contributed by atoms with E-state index in [9.17, 15) is 9.59 Å². The number of hydrogen-bond donors (Lipinski definition) is 0. The third-order valence-corrected chi connectivity index (χ3v) is 6.45. The highest BCUT2D eigenvalue weighted by Crippen LogP contribution is 2.32. The minimum absolute atomic E-state index is 0.0666. The summed E-state index contributed by atoms with van der Waals surface area (Å²) in [5, 5.41) is 0. The van der Waals surface area contributed by atoms with Gasteiger partial charge in [0, 0.05) is 25.1 Å². The van der Waals surface area contributed by atoms with Gasteiger partial charge in [-0.25, -0.2) is 4.98 Å². The van der Waals surface area contributed by atoms with E-state index < -0.39 is 0 Å². The topological polar surface area (TPSA) is 67.7 Å². The molecule has 2 aliphatic heterocycles. The van der Waals surface area contributed by atoms with E-state index in [1.165, 1.54) is 0 Å². The van der Waals surface area contributed by atoms with Gasteiger partial charge in [0.1, 0.15) is 24.7 Å². The Morgan fingerprint density at radius 2 is 1.94 bits per heavy atom. The monoisotopic (exact) mass is 444 g/mol. The van der Waals surface area contributed by atoms with Crippen LogP contribution in [0.15, 0.2) is 53.3 Å². The van der Waals surface area contributed by atoms with E-state index >= 15 is 0 Å². The number of likely N-dealkylation sites (N-methyl/N-ethyl adjacent to an activating group) is 1. The number of fused-ring (bicyclic) bond motifs is 2. The van der Waals surface area contributed by atoms with E-state index in [1.807, 2.05) is 55.5 Å². The molecule has 3 heterocycles. The molecule has 0 saturated heterocycles. The predicted octanol–water partition coefficient (Wildman–Crippen LogP) is 3.02. The lowest BCUT2D eigenvalue weighted by atomic mass is 10.1. The molecule has 0 saturated carbocycles. The molecule has 2 aromatic carbocycles. The zero-order chi connectivity index (χ0) is 22.9. The molecule has 7 nitrogen and oxygen atoms in total. The van der Waals surface area contributed by atoms with Gasteiger partial charge in [-0.15, -0.1) is 0 Å². The fourth-order valence-electron chi connectivity index (χ4n) is 4.60. The molecule has 7 heteroatoms. The average Bonchev–Trinajstić information content (AvgIpc) is 2.85. The Labute approximate surface area is 193 Å². The van der Waals surface area contributed by atoms with Crippen LogP contribution in [-0.2, 0) is 24.3 Å². The summed E-state index contributed by atoms with van der Waals surface area (Å²) in [4.78, 5) is 36.1. The average molecular weight is 445 g/mol. The number of carbonyl (C=O) groups is 1. The van der Waals surface area contributed by atoms with E-state index in [-0.39, 0.29) is 18.0 Å². The molecule has 0 unspecified atom stereocenters. The molecular formula is C26H28N4O3. The van der Waals surface area contributed by atoms with E-state index in [1.54, 1.807) is 9.47 Å². The van der Waals surface area contributed by atoms with E-state index in [0.29, 0.717) is 36.8 Å². The summed E-state index contributed by atoms with van der Waals surface area (Å²) in [5.74, 6) is 1.10. The molecule has 33 heavy (non-hydrogen) atoms. The summed E-state index contributed by atoms with van der Waals surface area (Å²) in [6, 6.07) is 15.5. The van der Waals surface area contributed by atoms with Gasteiger partial charge in [0.15, 0.2) is 0 Å². The molecule has 0 radical (unpaired) electrons. The van der Waals surface area contributed by atoms with Crippen molar-refractivity contribution in [1.82, 2.24) is 14.5 Å². The lowest BCUT2D eigenvalue weighted by Gasteiger charge is -2.31. The maximum Gasteiger partial charge on any atom is 0.259 e. The summed E-state index contributed by atoms with van der Waals surface area (Å²) in [6.07, 6.45) is 0.739. The van der Waals surface area contributed by atoms with Crippen LogP contribution in [0.25, 0.3) is 11.4 Å². The van der Waals surface area contributed by atoms with Gasteiger partial charge in [0.05, 0.1) is 23.5 Å². The largest absolute Gasteiger partial charge is 0.490 e. The molecule has 0 spiro atoms. The van der Waals surface area contributed by atoms with Gasteiger partial charge >= 0.3 is 0 Å². The summed E-state index contributed by atoms with van der Waals surface area (Å²) in [6.45, 7) is 7.23. The highest BCUT2D eigenvalue weighted by atomic mass is 16.5. The van der Waals surface area contributed by atoms with Crippen molar-refractivity contribution < 1.29 is 9.53 Å². The standard InChI is InChI=1S/C26H28N4O3/c1-3-28-12-11-21-20(16-28)26(32)30(25(27-21)19-7-5-4-6-8-19)17-24(31)29-13-14-33-23-10-9-18(2)15-22(23)29/h4-10,15H,3,11-14,16-17H2,1-2H3. The molecule has 0 bridgehead atoms. The molecule has 0 aliphatic carbocycles. The number of aromatic nitrogens is 2. The molecule has 2 aliphatic rings. The van der Waals surface area contributed by atoms with Crippen molar-refractivity contribution in [3.63, 3.8) is 0 Å². The smallest absolute Gasteiger partial charge is 0.259 e. The highest BCUT2D eigenvalue weighted by Gasteiger charge is 2.28. The lowest BCUT2D eigenvalue weighted by Crippen LogP contribution is -2.43. The second-order valence-electron chi connectivity index (χ2n) is 8.60. The number of nitrogens with zero attached hydrogens (tertiary/aromatic N) is 4. The Balaban J connectivity index is 1.57. The fraction of sp³-hybridized carbons (Fsp3) is 0.346. The third kappa shape index (κ3) is 4.04. The van der Waals surface area contributed by atoms with E-state index in [2.05, 4.69) is 11.8 Å². The second kappa shape index (κ2) is 8.83. The molecule has 0 fully saturated rings. The van der Waals surface area contributed by atoms with Crippen molar-refractivity contribution in [3.8, 4) is 17.1 Å². The predicted molar refractivity (Wildman–Crippen MR) is 128 cm³/mol. The Kier molecular flexibility index (Phi) is 5.72. The summed E-state index contributed by atoms with van der Waals surface area (Å²) >= 11 is 0. The number of amides is 1. The number of carbonyl (C=O) groups excluding carboxylic acids is 1. The first-order chi connectivity index (χ1) is 16.0.